The number of fused-ring (bicyclic) bond motifs is 1. The Kier molecular flexibility index (Phi) is 1.97. The number of nitriles is 1. The van der Waals surface area contributed by atoms with Crippen molar-refractivity contribution in [1.29, 1.82) is 5.26 Å². The molecule has 0 unspecified atom stereocenters. The molecule has 0 spiro atoms. The Morgan fingerprint density at radius 2 is 2.21 bits per heavy atom. The molecule has 1 aromatic carbocycles. The summed E-state index contributed by atoms with van der Waals surface area (Å²) in [6.45, 7) is 4.17. The van der Waals surface area contributed by atoms with Crippen molar-refractivity contribution < 1.29 is 0 Å². The molecule has 0 aliphatic rings. The average molecular weight is 185 g/mol. The number of benzene rings is 1. The van der Waals surface area contributed by atoms with Gasteiger partial charge in [0.1, 0.15) is 6.07 Å². The van der Waals surface area contributed by atoms with Gasteiger partial charge in [0.25, 0.3) is 0 Å². The molecule has 1 N–H and O–H groups in total. The molecule has 0 bridgehead atoms. The number of nitrogens with zero attached hydrogens (tertiary/aromatic N) is 2. The van der Waals surface area contributed by atoms with E-state index in [2.05, 4.69) is 30.1 Å². The first-order chi connectivity index (χ1) is 6.74. The molecule has 2 rings (SSSR count). The second-order valence-corrected chi connectivity index (χ2v) is 3.63. The summed E-state index contributed by atoms with van der Waals surface area (Å²) in [6, 6.07) is 6.21. The lowest BCUT2D eigenvalue weighted by Crippen LogP contribution is -1.92. The third-order valence-electron chi connectivity index (χ3n) is 2.39. The molecule has 0 aliphatic carbocycles. The van der Waals surface area contributed by atoms with Gasteiger partial charge in [0.2, 0.25) is 0 Å². The Bertz CT molecular complexity index is 503. The molecule has 0 amide bonds. The Morgan fingerprint density at radius 1 is 1.43 bits per heavy atom. The van der Waals surface area contributed by atoms with Crippen LogP contribution in [0.25, 0.3) is 10.9 Å². The van der Waals surface area contributed by atoms with E-state index < -0.39 is 0 Å². The van der Waals surface area contributed by atoms with Gasteiger partial charge >= 0.3 is 0 Å². The van der Waals surface area contributed by atoms with Gasteiger partial charge in [-0.1, -0.05) is 19.9 Å². The molecule has 2 aromatic rings. The van der Waals surface area contributed by atoms with E-state index in [1.54, 1.807) is 6.20 Å². The van der Waals surface area contributed by atoms with E-state index in [0.717, 1.165) is 22.0 Å². The second kappa shape index (κ2) is 3.15. The fourth-order valence-corrected chi connectivity index (χ4v) is 1.64. The van der Waals surface area contributed by atoms with Crippen molar-refractivity contribution in [2.24, 2.45) is 0 Å². The first kappa shape index (κ1) is 8.76. The van der Waals surface area contributed by atoms with Crippen molar-refractivity contribution >= 4 is 10.9 Å². The predicted octanol–water partition coefficient (Wildman–Crippen LogP) is 2.56. The van der Waals surface area contributed by atoms with Crippen molar-refractivity contribution in [2.45, 2.75) is 19.8 Å². The standard InChI is InChI=1S/C11H11N3/c1-7(2)8-3-4-11-10(6-13-14-11)9(8)5-12/h3-4,6-7H,1-2H3,(H,13,14). The summed E-state index contributed by atoms with van der Waals surface area (Å²) in [4.78, 5) is 0. The summed E-state index contributed by atoms with van der Waals surface area (Å²) in [6.07, 6.45) is 1.71. The molecule has 0 fully saturated rings. The maximum atomic E-state index is 9.09. The molecule has 1 aromatic heterocycles. The summed E-state index contributed by atoms with van der Waals surface area (Å²) in [5.74, 6) is 0.365. The zero-order valence-electron chi connectivity index (χ0n) is 8.20. The lowest BCUT2D eigenvalue weighted by atomic mass is 9.95. The lowest BCUT2D eigenvalue weighted by Gasteiger charge is -2.07. The van der Waals surface area contributed by atoms with Crippen LogP contribution in [0.5, 0.6) is 0 Å². The van der Waals surface area contributed by atoms with Gasteiger partial charge in [-0.05, 0) is 17.5 Å². The number of nitrogens with one attached hydrogen (secondary N) is 1. The Morgan fingerprint density at radius 3 is 2.86 bits per heavy atom. The highest BCUT2D eigenvalue weighted by atomic mass is 15.1. The summed E-state index contributed by atoms with van der Waals surface area (Å²) in [5.41, 5.74) is 2.75. The molecule has 1 heterocycles. The van der Waals surface area contributed by atoms with Crippen molar-refractivity contribution in [2.75, 3.05) is 0 Å². The van der Waals surface area contributed by atoms with Gasteiger partial charge in [0, 0.05) is 5.39 Å². The van der Waals surface area contributed by atoms with Crippen molar-refractivity contribution in [1.82, 2.24) is 10.2 Å². The quantitative estimate of drug-likeness (QED) is 0.742. The normalized spacial score (nSPS) is 10.7. The molecule has 0 aliphatic heterocycles. The van der Waals surface area contributed by atoms with E-state index in [1.807, 2.05) is 12.1 Å². The monoisotopic (exact) mass is 185 g/mol. The van der Waals surface area contributed by atoms with Gasteiger partial charge in [-0.3, -0.25) is 5.10 Å². The SMILES string of the molecule is CC(C)c1ccc2[nH]ncc2c1C#N. The van der Waals surface area contributed by atoms with E-state index in [0.29, 0.717) is 5.92 Å². The zero-order valence-corrected chi connectivity index (χ0v) is 8.20. The van der Waals surface area contributed by atoms with Crippen LogP contribution in [-0.2, 0) is 0 Å². The fraction of sp³-hybridized carbons (Fsp3) is 0.273. The highest BCUT2D eigenvalue weighted by molar-refractivity contribution is 5.85. The summed E-state index contributed by atoms with van der Waals surface area (Å²) in [7, 11) is 0. The van der Waals surface area contributed by atoms with Crippen LogP contribution in [-0.4, -0.2) is 10.2 Å². The van der Waals surface area contributed by atoms with Crippen LogP contribution < -0.4 is 0 Å². The molecule has 70 valence electrons. The molecule has 0 atom stereocenters. The van der Waals surface area contributed by atoms with Crippen molar-refractivity contribution in [3.8, 4) is 6.07 Å². The lowest BCUT2D eigenvalue weighted by molar-refractivity contribution is 0.865. The third kappa shape index (κ3) is 1.16. The van der Waals surface area contributed by atoms with Crippen LogP contribution in [0, 0.1) is 11.3 Å². The van der Waals surface area contributed by atoms with E-state index >= 15 is 0 Å². The molecule has 0 saturated carbocycles. The van der Waals surface area contributed by atoms with Crippen LogP contribution in [0.4, 0.5) is 0 Å². The van der Waals surface area contributed by atoms with Gasteiger partial charge in [-0.2, -0.15) is 10.4 Å². The maximum Gasteiger partial charge on any atom is 0.100 e. The molecule has 0 radical (unpaired) electrons. The Hall–Kier alpha value is -1.82. The number of H-pyrrole nitrogens is 1. The van der Waals surface area contributed by atoms with Crippen LogP contribution >= 0.6 is 0 Å². The van der Waals surface area contributed by atoms with Gasteiger partial charge < -0.3 is 0 Å². The van der Waals surface area contributed by atoms with Gasteiger partial charge in [0.15, 0.2) is 0 Å². The van der Waals surface area contributed by atoms with E-state index in [1.165, 1.54) is 0 Å². The number of aromatic amines is 1. The minimum Gasteiger partial charge on any atom is -0.278 e. The largest absolute Gasteiger partial charge is 0.278 e. The topological polar surface area (TPSA) is 52.5 Å². The van der Waals surface area contributed by atoms with Crippen LogP contribution in [0.15, 0.2) is 18.3 Å². The second-order valence-electron chi connectivity index (χ2n) is 3.63. The van der Waals surface area contributed by atoms with Crippen LogP contribution in [0.2, 0.25) is 0 Å². The first-order valence-electron chi connectivity index (χ1n) is 4.60. The molecule has 14 heavy (non-hydrogen) atoms. The maximum absolute atomic E-state index is 9.09. The van der Waals surface area contributed by atoms with Crippen LogP contribution in [0.3, 0.4) is 0 Å². The highest BCUT2D eigenvalue weighted by Gasteiger charge is 2.10. The minimum absolute atomic E-state index is 0.365. The summed E-state index contributed by atoms with van der Waals surface area (Å²) in [5, 5.41) is 16.8. The van der Waals surface area contributed by atoms with Gasteiger partial charge in [-0.15, -0.1) is 0 Å². The highest BCUT2D eigenvalue weighted by Crippen LogP contribution is 2.25. The number of hydrogen-bond acceptors (Lipinski definition) is 2. The zero-order chi connectivity index (χ0) is 10.1. The molecule has 3 heteroatoms. The predicted molar refractivity (Wildman–Crippen MR) is 54.9 cm³/mol. The molecule has 0 saturated heterocycles. The fourth-order valence-electron chi connectivity index (χ4n) is 1.64. The molecule has 3 nitrogen and oxygen atoms in total. The van der Waals surface area contributed by atoms with Crippen molar-refractivity contribution in [3.05, 3.63) is 29.5 Å². The number of rotatable bonds is 1. The smallest absolute Gasteiger partial charge is 0.100 e. The van der Waals surface area contributed by atoms with E-state index in [-0.39, 0.29) is 0 Å². The number of aromatic nitrogens is 2. The first-order valence-corrected chi connectivity index (χ1v) is 4.60. The Balaban J connectivity index is 2.81. The molecular formula is C11H11N3. The van der Waals surface area contributed by atoms with Gasteiger partial charge in [0.05, 0.1) is 17.3 Å². The minimum atomic E-state index is 0.365. The third-order valence-corrected chi connectivity index (χ3v) is 2.39. The summed E-state index contributed by atoms with van der Waals surface area (Å²) < 4.78 is 0. The van der Waals surface area contributed by atoms with E-state index in [4.69, 9.17) is 5.26 Å². The Labute approximate surface area is 82.4 Å². The molecular weight excluding hydrogens is 174 g/mol. The summed E-state index contributed by atoms with van der Waals surface area (Å²) >= 11 is 0. The van der Waals surface area contributed by atoms with Crippen molar-refractivity contribution in [3.63, 3.8) is 0 Å². The van der Waals surface area contributed by atoms with Gasteiger partial charge in [-0.25, -0.2) is 0 Å². The van der Waals surface area contributed by atoms with Crippen LogP contribution in [0.1, 0.15) is 30.9 Å². The number of hydrogen-bond donors (Lipinski definition) is 1. The average Bonchev–Trinajstić information content (AvgIpc) is 2.63. The van der Waals surface area contributed by atoms with E-state index in [9.17, 15) is 0 Å².